The standard InChI is InChI=1S/C34H47F2N5O5/c1-21-15-39(26(16-38-10-11-45-19-22(38)2)17-40(21)32(44)46-33(3,4)5)18-29(42)41-20-34(6,7)30-28(41)13-24(31(43)37-30)12-23-8-9-25(35)14-27(23)36/h8-9,13-14,21-22,26H,10-12,15-20H2,1-7H3,(H,37,43)/t21-,22?,26+/m1/s1. The van der Waals surface area contributed by atoms with Crippen LogP contribution in [0.5, 0.6) is 0 Å². The van der Waals surface area contributed by atoms with Gasteiger partial charge in [0.15, 0.2) is 0 Å². The van der Waals surface area contributed by atoms with Crippen molar-refractivity contribution in [2.24, 2.45) is 0 Å². The number of aromatic amines is 1. The molecule has 0 bridgehead atoms. The molecule has 5 rings (SSSR count). The number of amides is 2. The third kappa shape index (κ3) is 7.44. The van der Waals surface area contributed by atoms with Gasteiger partial charge in [-0.2, -0.15) is 0 Å². The van der Waals surface area contributed by atoms with E-state index in [1.54, 1.807) is 15.9 Å². The Morgan fingerprint density at radius 2 is 1.80 bits per heavy atom. The number of H-pyrrole nitrogens is 1. The molecule has 1 aromatic heterocycles. The normalized spacial score (nSPS) is 23.8. The zero-order valence-corrected chi connectivity index (χ0v) is 28.0. The monoisotopic (exact) mass is 643 g/mol. The van der Waals surface area contributed by atoms with Gasteiger partial charge in [-0.15, -0.1) is 0 Å². The van der Waals surface area contributed by atoms with Gasteiger partial charge in [-0.3, -0.25) is 19.4 Å². The minimum Gasteiger partial charge on any atom is -0.444 e. The molecule has 1 aromatic carbocycles. The van der Waals surface area contributed by atoms with E-state index in [1.807, 2.05) is 41.5 Å². The highest BCUT2D eigenvalue weighted by atomic mass is 19.1. The van der Waals surface area contributed by atoms with Gasteiger partial charge in [0.25, 0.3) is 5.56 Å². The molecule has 2 amide bonds. The number of hydrogen-bond acceptors (Lipinski definition) is 7. The van der Waals surface area contributed by atoms with Crippen molar-refractivity contribution >= 4 is 17.7 Å². The molecule has 3 aliphatic heterocycles. The maximum absolute atomic E-state index is 14.5. The summed E-state index contributed by atoms with van der Waals surface area (Å²) in [7, 11) is 0. The van der Waals surface area contributed by atoms with Crippen LogP contribution in [0.3, 0.4) is 0 Å². The lowest BCUT2D eigenvalue weighted by molar-refractivity contribution is -0.121. The first-order valence-electron chi connectivity index (χ1n) is 16.1. The number of rotatable bonds is 6. The van der Waals surface area contributed by atoms with E-state index in [9.17, 15) is 23.2 Å². The fourth-order valence-electron chi connectivity index (χ4n) is 6.69. The number of halogens is 2. The number of nitrogens with zero attached hydrogens (tertiary/aromatic N) is 4. The van der Waals surface area contributed by atoms with Crippen LogP contribution in [-0.4, -0.2) is 108 Å². The number of ether oxygens (including phenoxy) is 2. The number of anilines is 1. The summed E-state index contributed by atoms with van der Waals surface area (Å²) in [5.41, 5.74) is 0.210. The average Bonchev–Trinajstić information content (AvgIpc) is 3.21. The van der Waals surface area contributed by atoms with Crippen LogP contribution >= 0.6 is 0 Å². The lowest BCUT2D eigenvalue weighted by Crippen LogP contribution is -2.64. The first-order chi connectivity index (χ1) is 21.5. The molecule has 1 N–H and O–H groups in total. The molecule has 2 fully saturated rings. The lowest BCUT2D eigenvalue weighted by atomic mass is 9.91. The third-order valence-corrected chi connectivity index (χ3v) is 9.19. The van der Waals surface area contributed by atoms with Crippen LogP contribution in [-0.2, 0) is 26.1 Å². The van der Waals surface area contributed by atoms with Crippen LogP contribution in [0.2, 0.25) is 0 Å². The van der Waals surface area contributed by atoms with Crippen molar-refractivity contribution in [1.82, 2.24) is 19.7 Å². The SMILES string of the molecule is CC1COCCN1C[C@H]1CN(C(=O)OC(C)(C)C)[C@H](C)CN1CC(=O)N1CC(C)(C)c2[nH]c(=O)c(Cc3ccc(F)cc3F)cc21. The molecule has 1 unspecified atom stereocenters. The van der Waals surface area contributed by atoms with Gasteiger partial charge in [0.1, 0.15) is 17.2 Å². The summed E-state index contributed by atoms with van der Waals surface area (Å²) in [5, 5.41) is 0. The molecule has 46 heavy (non-hydrogen) atoms. The summed E-state index contributed by atoms with van der Waals surface area (Å²) in [4.78, 5) is 51.4. The van der Waals surface area contributed by atoms with Gasteiger partial charge in [0.2, 0.25) is 5.91 Å². The van der Waals surface area contributed by atoms with Crippen molar-refractivity contribution in [2.75, 3.05) is 57.4 Å². The molecule has 2 aromatic rings. The first kappa shape index (κ1) is 34.0. The zero-order valence-electron chi connectivity index (χ0n) is 28.0. The minimum atomic E-state index is -0.728. The highest BCUT2D eigenvalue weighted by Gasteiger charge is 2.43. The van der Waals surface area contributed by atoms with Crippen LogP contribution < -0.4 is 10.5 Å². The maximum atomic E-state index is 14.5. The Kier molecular flexibility index (Phi) is 9.64. The predicted octanol–water partition coefficient (Wildman–Crippen LogP) is 3.90. The summed E-state index contributed by atoms with van der Waals surface area (Å²) >= 11 is 0. The van der Waals surface area contributed by atoms with E-state index in [1.165, 1.54) is 6.07 Å². The van der Waals surface area contributed by atoms with Gasteiger partial charge < -0.3 is 24.3 Å². The van der Waals surface area contributed by atoms with E-state index < -0.39 is 22.7 Å². The molecule has 4 heterocycles. The van der Waals surface area contributed by atoms with Gasteiger partial charge >= 0.3 is 6.09 Å². The summed E-state index contributed by atoms with van der Waals surface area (Å²) < 4.78 is 39.4. The summed E-state index contributed by atoms with van der Waals surface area (Å²) in [6.45, 7) is 17.6. The Hall–Kier alpha value is -3.35. The van der Waals surface area contributed by atoms with Crippen LogP contribution in [0, 0.1) is 11.6 Å². The highest BCUT2D eigenvalue weighted by molar-refractivity contribution is 5.97. The first-order valence-corrected chi connectivity index (χ1v) is 16.1. The van der Waals surface area contributed by atoms with Crippen LogP contribution in [0.25, 0.3) is 0 Å². The Morgan fingerprint density at radius 1 is 1.07 bits per heavy atom. The number of fused-ring (bicyclic) bond motifs is 1. The van der Waals surface area contributed by atoms with Gasteiger partial charge in [-0.25, -0.2) is 13.6 Å². The molecule has 252 valence electrons. The number of nitrogens with one attached hydrogen (secondary N) is 1. The third-order valence-electron chi connectivity index (χ3n) is 9.19. The molecule has 0 saturated carbocycles. The summed E-state index contributed by atoms with van der Waals surface area (Å²) in [6, 6.07) is 4.85. The van der Waals surface area contributed by atoms with Crippen LogP contribution in [0.1, 0.15) is 65.3 Å². The fraction of sp³-hybridized carbons (Fsp3) is 0.618. The Bertz CT molecular complexity index is 1520. The van der Waals surface area contributed by atoms with Crippen molar-refractivity contribution in [1.29, 1.82) is 0 Å². The number of aromatic nitrogens is 1. The van der Waals surface area contributed by atoms with E-state index in [0.717, 1.165) is 18.7 Å². The number of piperazine rings is 1. The van der Waals surface area contributed by atoms with Gasteiger partial charge in [-0.1, -0.05) is 19.9 Å². The number of carbonyl (C=O) groups is 2. The largest absolute Gasteiger partial charge is 0.444 e. The van der Waals surface area contributed by atoms with E-state index in [2.05, 4.69) is 21.7 Å². The average molecular weight is 644 g/mol. The van der Waals surface area contributed by atoms with Gasteiger partial charge in [-0.05, 0) is 52.3 Å². The maximum Gasteiger partial charge on any atom is 0.410 e. The number of benzene rings is 1. The van der Waals surface area contributed by atoms with E-state index >= 15 is 0 Å². The van der Waals surface area contributed by atoms with Crippen molar-refractivity contribution in [3.63, 3.8) is 0 Å². The molecule has 0 radical (unpaired) electrons. The van der Waals surface area contributed by atoms with Crippen molar-refractivity contribution < 1.29 is 27.8 Å². The van der Waals surface area contributed by atoms with E-state index in [0.29, 0.717) is 56.3 Å². The van der Waals surface area contributed by atoms with Gasteiger partial charge in [0.05, 0.1) is 25.4 Å². The van der Waals surface area contributed by atoms with Crippen molar-refractivity contribution in [3.05, 3.63) is 63.1 Å². The van der Waals surface area contributed by atoms with Crippen LogP contribution in [0.4, 0.5) is 19.3 Å². The topological polar surface area (TPSA) is 98.4 Å². The Morgan fingerprint density at radius 3 is 2.48 bits per heavy atom. The molecule has 10 nitrogen and oxygen atoms in total. The second kappa shape index (κ2) is 13.0. The molecule has 3 aliphatic rings. The molecule has 12 heteroatoms. The lowest BCUT2D eigenvalue weighted by Gasteiger charge is -2.47. The second-order valence-electron chi connectivity index (χ2n) is 14.6. The van der Waals surface area contributed by atoms with Crippen molar-refractivity contribution in [2.45, 2.75) is 84.0 Å². The number of morpholine rings is 1. The zero-order chi connectivity index (χ0) is 33.6. The van der Waals surface area contributed by atoms with E-state index in [-0.39, 0.29) is 54.2 Å². The fourth-order valence-corrected chi connectivity index (χ4v) is 6.69. The summed E-state index contributed by atoms with van der Waals surface area (Å²) in [6.07, 6.45) is -0.406. The Labute approximate surface area is 269 Å². The second-order valence-corrected chi connectivity index (χ2v) is 14.6. The quantitative estimate of drug-likeness (QED) is 0.510. The Balaban J connectivity index is 1.40. The number of carbonyl (C=O) groups excluding carboxylic acids is 2. The smallest absolute Gasteiger partial charge is 0.410 e. The molecule has 3 atom stereocenters. The number of hydrogen-bond donors (Lipinski definition) is 1. The van der Waals surface area contributed by atoms with Crippen LogP contribution in [0.15, 0.2) is 29.1 Å². The van der Waals surface area contributed by atoms with Crippen molar-refractivity contribution in [3.8, 4) is 0 Å². The predicted molar refractivity (Wildman–Crippen MR) is 171 cm³/mol. The minimum absolute atomic E-state index is 0.0405. The molecular weight excluding hydrogens is 596 g/mol. The molecule has 0 aliphatic carbocycles. The highest BCUT2D eigenvalue weighted by Crippen LogP contribution is 2.39. The van der Waals surface area contributed by atoms with E-state index in [4.69, 9.17) is 9.47 Å². The summed E-state index contributed by atoms with van der Waals surface area (Å²) in [5.74, 6) is -1.55. The molecular formula is C34H47F2N5O5. The number of pyridine rings is 1. The van der Waals surface area contributed by atoms with Gasteiger partial charge in [0, 0.05) is 80.0 Å². The molecule has 0 spiro atoms. The molecule has 2 saturated heterocycles.